The predicted molar refractivity (Wildman–Crippen MR) is 91.5 cm³/mol. The molecule has 8 heteroatoms. The third-order valence-corrected chi connectivity index (χ3v) is 3.50. The molecule has 1 N–H and O–H groups in total. The monoisotopic (exact) mass is 346 g/mol. The van der Waals surface area contributed by atoms with Crippen LogP contribution in [0.2, 0.25) is 0 Å². The highest BCUT2D eigenvalue weighted by atomic mass is 16.6. The molecule has 0 atom stereocenters. The smallest absolute Gasteiger partial charge is 0.312 e. The van der Waals surface area contributed by atoms with E-state index in [1.165, 1.54) is 39.5 Å². The lowest BCUT2D eigenvalue weighted by atomic mass is 10.1. The van der Waals surface area contributed by atoms with E-state index in [0.717, 1.165) is 0 Å². The molecular formula is C17H18N2O6. The Labute approximate surface area is 144 Å². The van der Waals surface area contributed by atoms with Crippen LogP contribution in [0.4, 0.5) is 11.4 Å². The van der Waals surface area contributed by atoms with E-state index in [0.29, 0.717) is 22.7 Å². The topological polar surface area (TPSA) is 99.9 Å². The summed E-state index contributed by atoms with van der Waals surface area (Å²) in [5.74, 6) is 0.935. The van der Waals surface area contributed by atoms with E-state index in [-0.39, 0.29) is 23.8 Å². The Morgan fingerprint density at radius 1 is 1.04 bits per heavy atom. The normalized spacial score (nSPS) is 10.0. The zero-order valence-electron chi connectivity index (χ0n) is 14.1. The summed E-state index contributed by atoms with van der Waals surface area (Å²) in [7, 11) is 4.39. The van der Waals surface area contributed by atoms with Crippen molar-refractivity contribution in [2.75, 3.05) is 26.6 Å². The second kappa shape index (κ2) is 8.00. The van der Waals surface area contributed by atoms with Gasteiger partial charge in [0.25, 0.3) is 0 Å². The lowest BCUT2D eigenvalue weighted by Gasteiger charge is -2.11. The Bertz CT molecular complexity index is 791. The number of nitro benzene ring substituents is 1. The summed E-state index contributed by atoms with van der Waals surface area (Å²) in [5, 5.41) is 13.7. The van der Waals surface area contributed by atoms with Crippen LogP contribution in [-0.4, -0.2) is 32.2 Å². The first kappa shape index (κ1) is 18.1. The van der Waals surface area contributed by atoms with Gasteiger partial charge in [0, 0.05) is 23.4 Å². The number of hydrogen-bond acceptors (Lipinski definition) is 6. The molecule has 0 fully saturated rings. The largest absolute Gasteiger partial charge is 0.497 e. The molecule has 0 saturated carbocycles. The first-order chi connectivity index (χ1) is 12.0. The minimum atomic E-state index is -0.568. The number of methoxy groups -OCH3 is 3. The maximum atomic E-state index is 12.2. The second-order valence-corrected chi connectivity index (χ2v) is 5.05. The average molecular weight is 346 g/mol. The summed E-state index contributed by atoms with van der Waals surface area (Å²) >= 11 is 0. The van der Waals surface area contributed by atoms with E-state index in [9.17, 15) is 14.9 Å². The van der Waals surface area contributed by atoms with Gasteiger partial charge in [0.15, 0.2) is 5.75 Å². The zero-order chi connectivity index (χ0) is 18.4. The summed E-state index contributed by atoms with van der Waals surface area (Å²) in [6.45, 7) is 0. The van der Waals surface area contributed by atoms with E-state index < -0.39 is 4.92 Å². The fraction of sp³-hybridized carbons (Fsp3) is 0.235. The Morgan fingerprint density at radius 3 is 2.36 bits per heavy atom. The fourth-order valence-electron chi connectivity index (χ4n) is 2.29. The molecule has 1 amide bonds. The van der Waals surface area contributed by atoms with Crippen molar-refractivity contribution in [1.29, 1.82) is 0 Å². The number of nitrogens with zero attached hydrogens (tertiary/aromatic N) is 1. The molecule has 0 spiro atoms. The minimum absolute atomic E-state index is 0.0486. The van der Waals surface area contributed by atoms with Crippen molar-refractivity contribution in [3.05, 3.63) is 52.1 Å². The van der Waals surface area contributed by atoms with Crippen LogP contribution >= 0.6 is 0 Å². The Hall–Kier alpha value is -3.29. The average Bonchev–Trinajstić information content (AvgIpc) is 2.61. The molecule has 0 heterocycles. The number of hydrogen-bond donors (Lipinski definition) is 1. The SMILES string of the molecule is COc1ccc(CC(=O)Nc2ccc(OC)c([N+](=O)[O-])c2)c(OC)c1. The summed E-state index contributed by atoms with van der Waals surface area (Å²) in [5.41, 5.74) is 0.760. The van der Waals surface area contributed by atoms with Crippen molar-refractivity contribution in [1.82, 2.24) is 0 Å². The van der Waals surface area contributed by atoms with Gasteiger partial charge in [-0.3, -0.25) is 14.9 Å². The molecule has 2 aromatic rings. The Balaban J connectivity index is 2.15. The van der Waals surface area contributed by atoms with Crippen LogP contribution in [0.5, 0.6) is 17.2 Å². The quantitative estimate of drug-likeness (QED) is 0.611. The first-order valence-corrected chi connectivity index (χ1v) is 7.31. The highest BCUT2D eigenvalue weighted by Gasteiger charge is 2.17. The van der Waals surface area contributed by atoms with E-state index in [4.69, 9.17) is 14.2 Å². The Morgan fingerprint density at radius 2 is 1.76 bits per heavy atom. The summed E-state index contributed by atoms with van der Waals surface area (Å²) in [6.07, 6.45) is 0.0486. The van der Waals surface area contributed by atoms with Gasteiger partial charge < -0.3 is 19.5 Å². The second-order valence-electron chi connectivity index (χ2n) is 5.05. The van der Waals surface area contributed by atoms with Crippen molar-refractivity contribution in [3.8, 4) is 17.2 Å². The molecule has 132 valence electrons. The molecular weight excluding hydrogens is 328 g/mol. The number of benzene rings is 2. The van der Waals surface area contributed by atoms with Crippen LogP contribution in [0.25, 0.3) is 0 Å². The fourth-order valence-corrected chi connectivity index (χ4v) is 2.29. The number of anilines is 1. The molecule has 0 saturated heterocycles. The predicted octanol–water partition coefficient (Wildman–Crippen LogP) is 2.80. The van der Waals surface area contributed by atoms with Crippen LogP contribution in [-0.2, 0) is 11.2 Å². The number of carbonyl (C=O) groups excluding carboxylic acids is 1. The lowest BCUT2D eigenvalue weighted by Crippen LogP contribution is -2.15. The molecule has 0 radical (unpaired) electrons. The van der Waals surface area contributed by atoms with Gasteiger partial charge in [-0.2, -0.15) is 0 Å². The van der Waals surface area contributed by atoms with E-state index in [2.05, 4.69) is 5.32 Å². The van der Waals surface area contributed by atoms with E-state index in [1.54, 1.807) is 18.2 Å². The maximum absolute atomic E-state index is 12.2. The number of rotatable bonds is 7. The Kier molecular flexibility index (Phi) is 5.78. The van der Waals surface area contributed by atoms with Crippen molar-refractivity contribution in [3.63, 3.8) is 0 Å². The van der Waals surface area contributed by atoms with Crippen molar-refractivity contribution in [2.24, 2.45) is 0 Å². The molecule has 0 aliphatic heterocycles. The zero-order valence-corrected chi connectivity index (χ0v) is 14.1. The molecule has 0 aliphatic rings. The van der Waals surface area contributed by atoms with Crippen molar-refractivity contribution in [2.45, 2.75) is 6.42 Å². The first-order valence-electron chi connectivity index (χ1n) is 7.31. The highest BCUT2D eigenvalue weighted by molar-refractivity contribution is 5.93. The molecule has 0 aromatic heterocycles. The molecule has 0 aliphatic carbocycles. The molecule has 0 bridgehead atoms. The van der Waals surface area contributed by atoms with Gasteiger partial charge in [-0.15, -0.1) is 0 Å². The van der Waals surface area contributed by atoms with Crippen LogP contribution < -0.4 is 19.5 Å². The molecule has 25 heavy (non-hydrogen) atoms. The van der Waals surface area contributed by atoms with Crippen LogP contribution in [0.3, 0.4) is 0 Å². The number of nitro groups is 1. The summed E-state index contributed by atoms with van der Waals surface area (Å²) in [4.78, 5) is 22.7. The van der Waals surface area contributed by atoms with Gasteiger partial charge in [-0.25, -0.2) is 0 Å². The van der Waals surface area contributed by atoms with Gasteiger partial charge in [0.1, 0.15) is 11.5 Å². The van der Waals surface area contributed by atoms with E-state index in [1.807, 2.05) is 0 Å². The minimum Gasteiger partial charge on any atom is -0.497 e. The number of nitrogens with one attached hydrogen (secondary N) is 1. The number of amides is 1. The third kappa shape index (κ3) is 4.37. The number of carbonyl (C=O) groups is 1. The summed E-state index contributed by atoms with van der Waals surface area (Å²) < 4.78 is 15.3. The summed E-state index contributed by atoms with van der Waals surface area (Å²) in [6, 6.07) is 9.36. The molecule has 0 unspecified atom stereocenters. The molecule has 8 nitrogen and oxygen atoms in total. The standard InChI is InChI=1S/C17H18N2O6/c1-23-13-6-4-11(16(10-13)25-3)8-17(20)18-12-5-7-15(24-2)14(9-12)19(21)22/h4-7,9-10H,8H2,1-3H3,(H,18,20). The van der Waals surface area contributed by atoms with Gasteiger partial charge in [-0.1, -0.05) is 6.07 Å². The lowest BCUT2D eigenvalue weighted by molar-refractivity contribution is -0.385. The third-order valence-electron chi connectivity index (χ3n) is 3.50. The molecule has 2 rings (SSSR count). The van der Waals surface area contributed by atoms with Crippen LogP contribution in [0.1, 0.15) is 5.56 Å². The van der Waals surface area contributed by atoms with Crippen LogP contribution in [0, 0.1) is 10.1 Å². The van der Waals surface area contributed by atoms with Gasteiger partial charge in [0.05, 0.1) is 32.7 Å². The number of ether oxygens (including phenoxy) is 3. The maximum Gasteiger partial charge on any atom is 0.312 e. The van der Waals surface area contributed by atoms with Gasteiger partial charge >= 0.3 is 5.69 Å². The van der Waals surface area contributed by atoms with Crippen molar-refractivity contribution >= 4 is 17.3 Å². The highest BCUT2D eigenvalue weighted by Crippen LogP contribution is 2.30. The van der Waals surface area contributed by atoms with Crippen LogP contribution in [0.15, 0.2) is 36.4 Å². The van der Waals surface area contributed by atoms with Gasteiger partial charge in [-0.05, 0) is 18.2 Å². The van der Waals surface area contributed by atoms with E-state index >= 15 is 0 Å². The van der Waals surface area contributed by atoms with Crippen molar-refractivity contribution < 1.29 is 23.9 Å². The molecule has 2 aromatic carbocycles. The van der Waals surface area contributed by atoms with Gasteiger partial charge in [0.2, 0.25) is 5.91 Å².